The molecule has 4 rings (SSSR count). The minimum Gasteiger partial charge on any atom is -0.506 e. The van der Waals surface area contributed by atoms with Gasteiger partial charge in [0.1, 0.15) is 5.75 Å². The van der Waals surface area contributed by atoms with Gasteiger partial charge in [0, 0.05) is 12.0 Å². The van der Waals surface area contributed by atoms with Crippen molar-refractivity contribution in [1.82, 2.24) is 5.32 Å². The van der Waals surface area contributed by atoms with Crippen molar-refractivity contribution in [3.05, 3.63) is 63.7 Å². The molecular weight excluding hydrogens is 270 g/mol. The van der Waals surface area contributed by atoms with Gasteiger partial charge in [0.15, 0.2) is 0 Å². The fraction of sp³-hybridized carbons (Fsp3) is 0.294. The largest absolute Gasteiger partial charge is 0.506 e. The lowest BCUT2D eigenvalue weighted by Crippen LogP contribution is -2.32. The molecule has 1 aliphatic heterocycles. The van der Waals surface area contributed by atoms with E-state index in [4.69, 9.17) is 11.6 Å². The van der Waals surface area contributed by atoms with Crippen molar-refractivity contribution in [3.63, 3.8) is 0 Å². The third kappa shape index (κ3) is 1.75. The summed E-state index contributed by atoms with van der Waals surface area (Å²) >= 11 is 6.07. The van der Waals surface area contributed by atoms with Crippen LogP contribution in [0.25, 0.3) is 0 Å². The van der Waals surface area contributed by atoms with Crippen LogP contribution in [-0.4, -0.2) is 17.7 Å². The first kappa shape index (κ1) is 12.2. The van der Waals surface area contributed by atoms with E-state index in [1.807, 2.05) is 12.1 Å². The molecule has 1 aliphatic carbocycles. The molecule has 2 N–H and O–H groups in total. The van der Waals surface area contributed by atoms with Crippen LogP contribution in [0.2, 0.25) is 5.02 Å². The molecule has 2 aromatic carbocycles. The number of hydrogen-bond donors (Lipinski definition) is 2. The van der Waals surface area contributed by atoms with Crippen molar-refractivity contribution in [3.8, 4) is 5.75 Å². The molecule has 2 nitrogen and oxygen atoms in total. The lowest BCUT2D eigenvalue weighted by atomic mass is 9.87. The maximum absolute atomic E-state index is 9.98. The van der Waals surface area contributed by atoms with Gasteiger partial charge in [0.25, 0.3) is 0 Å². The van der Waals surface area contributed by atoms with Crippen molar-refractivity contribution in [2.45, 2.75) is 24.8 Å². The number of nitrogens with one attached hydrogen (secondary N) is 1. The first-order chi connectivity index (χ1) is 9.74. The highest BCUT2D eigenvalue weighted by molar-refractivity contribution is 6.32. The molecule has 1 heterocycles. The van der Waals surface area contributed by atoms with Crippen LogP contribution in [0.3, 0.4) is 0 Å². The Bertz CT molecular complexity index is 683. The standard InChI is InChI=1S/C17H16ClNO/c18-14-7-11-5-6-19-15-8-10-3-1-2-4-12(10)17(15)13(11)9-16(14)20/h1-4,7,9,15,17,19-20H,5-6,8H2. The van der Waals surface area contributed by atoms with Gasteiger partial charge in [0.2, 0.25) is 0 Å². The summed E-state index contributed by atoms with van der Waals surface area (Å²) < 4.78 is 0. The Labute approximate surface area is 123 Å². The molecule has 0 amide bonds. The quantitative estimate of drug-likeness (QED) is 0.779. The maximum Gasteiger partial charge on any atom is 0.134 e. The molecule has 0 radical (unpaired) electrons. The van der Waals surface area contributed by atoms with Crippen LogP contribution in [0.4, 0.5) is 0 Å². The minimum absolute atomic E-state index is 0.190. The Hall–Kier alpha value is -1.51. The highest BCUT2D eigenvalue weighted by Gasteiger charge is 2.36. The molecule has 0 spiro atoms. The summed E-state index contributed by atoms with van der Waals surface area (Å²) in [5.74, 6) is 0.516. The first-order valence-electron chi connectivity index (χ1n) is 7.06. The smallest absolute Gasteiger partial charge is 0.134 e. The van der Waals surface area contributed by atoms with E-state index in [2.05, 4.69) is 29.6 Å². The highest BCUT2D eigenvalue weighted by atomic mass is 35.5. The van der Waals surface area contributed by atoms with Gasteiger partial charge in [-0.05, 0) is 53.8 Å². The number of aromatic hydroxyl groups is 1. The van der Waals surface area contributed by atoms with Gasteiger partial charge in [-0.15, -0.1) is 0 Å². The fourth-order valence-corrected chi connectivity index (χ4v) is 3.87. The number of phenolic OH excluding ortho intramolecular Hbond substituents is 1. The fourth-order valence-electron chi connectivity index (χ4n) is 3.69. The molecule has 0 saturated heterocycles. The third-order valence-corrected chi connectivity index (χ3v) is 4.88. The van der Waals surface area contributed by atoms with Gasteiger partial charge < -0.3 is 10.4 Å². The molecule has 0 bridgehead atoms. The van der Waals surface area contributed by atoms with Crippen molar-refractivity contribution >= 4 is 11.6 Å². The SMILES string of the molecule is Oc1cc2c(cc1Cl)CCNC1Cc3ccccc3C21. The lowest BCUT2D eigenvalue weighted by molar-refractivity contribution is 0.472. The van der Waals surface area contributed by atoms with Crippen LogP contribution in [-0.2, 0) is 12.8 Å². The Morgan fingerprint density at radius 3 is 2.85 bits per heavy atom. The summed E-state index contributed by atoms with van der Waals surface area (Å²) in [7, 11) is 0. The number of fused-ring (bicyclic) bond motifs is 5. The summed E-state index contributed by atoms with van der Waals surface area (Å²) in [6, 6.07) is 12.8. The van der Waals surface area contributed by atoms with Gasteiger partial charge in [-0.25, -0.2) is 0 Å². The van der Waals surface area contributed by atoms with E-state index in [1.165, 1.54) is 22.3 Å². The van der Waals surface area contributed by atoms with Crippen LogP contribution in [0.1, 0.15) is 28.2 Å². The van der Waals surface area contributed by atoms with Gasteiger partial charge in [-0.3, -0.25) is 0 Å². The normalized spacial score (nSPS) is 23.6. The zero-order chi connectivity index (χ0) is 13.7. The van der Waals surface area contributed by atoms with E-state index in [0.717, 1.165) is 19.4 Å². The molecule has 0 fully saturated rings. The van der Waals surface area contributed by atoms with Gasteiger partial charge >= 0.3 is 0 Å². The van der Waals surface area contributed by atoms with E-state index < -0.39 is 0 Å². The molecule has 2 atom stereocenters. The molecule has 2 aromatic rings. The molecule has 102 valence electrons. The summed E-state index contributed by atoms with van der Waals surface area (Å²) in [5.41, 5.74) is 5.28. The van der Waals surface area contributed by atoms with Crippen LogP contribution < -0.4 is 5.32 Å². The summed E-state index contributed by atoms with van der Waals surface area (Å²) in [6.07, 6.45) is 2.02. The van der Waals surface area contributed by atoms with E-state index in [9.17, 15) is 5.11 Å². The lowest BCUT2D eigenvalue weighted by Gasteiger charge is -2.21. The Morgan fingerprint density at radius 2 is 1.95 bits per heavy atom. The topological polar surface area (TPSA) is 32.3 Å². The number of phenols is 1. The van der Waals surface area contributed by atoms with E-state index in [0.29, 0.717) is 17.0 Å². The second kappa shape index (κ2) is 4.51. The number of benzene rings is 2. The van der Waals surface area contributed by atoms with Crippen LogP contribution in [0.5, 0.6) is 5.75 Å². The monoisotopic (exact) mass is 285 g/mol. The Kier molecular flexibility index (Phi) is 2.76. The zero-order valence-electron chi connectivity index (χ0n) is 11.1. The summed E-state index contributed by atoms with van der Waals surface area (Å²) in [6.45, 7) is 0.962. The molecule has 2 aliphatic rings. The second-order valence-electron chi connectivity index (χ2n) is 5.69. The number of halogens is 1. The summed E-state index contributed by atoms with van der Waals surface area (Å²) in [4.78, 5) is 0. The predicted molar refractivity (Wildman–Crippen MR) is 80.6 cm³/mol. The zero-order valence-corrected chi connectivity index (χ0v) is 11.8. The average molecular weight is 286 g/mol. The number of hydrogen-bond acceptors (Lipinski definition) is 2. The summed E-state index contributed by atoms with van der Waals surface area (Å²) in [5, 5.41) is 14.1. The van der Waals surface area contributed by atoms with Crippen molar-refractivity contribution in [2.24, 2.45) is 0 Å². The Balaban J connectivity index is 1.92. The van der Waals surface area contributed by atoms with Crippen LogP contribution in [0.15, 0.2) is 36.4 Å². The van der Waals surface area contributed by atoms with Crippen LogP contribution >= 0.6 is 11.6 Å². The number of rotatable bonds is 0. The molecule has 2 unspecified atom stereocenters. The molecule has 3 heteroatoms. The molecular formula is C17H16ClNO. The van der Waals surface area contributed by atoms with Crippen molar-refractivity contribution in [1.29, 1.82) is 0 Å². The Morgan fingerprint density at radius 1 is 1.10 bits per heavy atom. The highest BCUT2D eigenvalue weighted by Crippen LogP contribution is 2.43. The van der Waals surface area contributed by atoms with Gasteiger partial charge in [-0.2, -0.15) is 0 Å². The molecule has 20 heavy (non-hydrogen) atoms. The maximum atomic E-state index is 9.98. The van der Waals surface area contributed by atoms with Gasteiger partial charge in [-0.1, -0.05) is 35.9 Å². The average Bonchev–Trinajstić information content (AvgIpc) is 2.72. The van der Waals surface area contributed by atoms with Crippen molar-refractivity contribution in [2.75, 3.05) is 6.54 Å². The minimum atomic E-state index is 0.190. The van der Waals surface area contributed by atoms with E-state index in [-0.39, 0.29) is 5.75 Å². The predicted octanol–water partition coefficient (Wildman–Crippen LogP) is 3.25. The van der Waals surface area contributed by atoms with Crippen LogP contribution in [0, 0.1) is 0 Å². The van der Waals surface area contributed by atoms with E-state index >= 15 is 0 Å². The molecule has 0 saturated carbocycles. The third-order valence-electron chi connectivity index (χ3n) is 4.58. The van der Waals surface area contributed by atoms with Gasteiger partial charge in [0.05, 0.1) is 5.02 Å². The second-order valence-corrected chi connectivity index (χ2v) is 6.10. The van der Waals surface area contributed by atoms with Crippen molar-refractivity contribution < 1.29 is 5.11 Å². The first-order valence-corrected chi connectivity index (χ1v) is 7.44. The van der Waals surface area contributed by atoms with E-state index in [1.54, 1.807) is 0 Å². The molecule has 0 aromatic heterocycles.